The molecule has 0 aliphatic heterocycles. The number of benzene rings is 3. The Morgan fingerprint density at radius 1 is 1.00 bits per heavy atom. The van der Waals surface area contributed by atoms with Crippen molar-refractivity contribution in [3.63, 3.8) is 0 Å². The highest BCUT2D eigenvalue weighted by atomic mass is 32.2. The number of carbonyl (C=O) groups excluding carboxylic acids is 1. The summed E-state index contributed by atoms with van der Waals surface area (Å²) in [5, 5.41) is 12.8. The van der Waals surface area contributed by atoms with Crippen LogP contribution in [-0.2, 0) is 21.9 Å². The van der Waals surface area contributed by atoms with Crippen molar-refractivity contribution in [3.05, 3.63) is 78.5 Å². The van der Waals surface area contributed by atoms with Crippen LogP contribution in [0.1, 0.15) is 30.8 Å². The van der Waals surface area contributed by atoms with Crippen molar-refractivity contribution in [3.8, 4) is 16.9 Å². The maximum atomic E-state index is 13.6. The molecule has 0 unspecified atom stereocenters. The Bertz CT molecular complexity index is 1720. The number of aryl methyl sites for hydroxylation is 1. The third-order valence-electron chi connectivity index (χ3n) is 6.41. The first-order chi connectivity index (χ1) is 19.7. The molecule has 9 nitrogen and oxygen atoms in total. The molecule has 13 heteroatoms. The third kappa shape index (κ3) is 6.85. The van der Waals surface area contributed by atoms with Crippen molar-refractivity contribution in [2.75, 3.05) is 4.72 Å². The van der Waals surface area contributed by atoms with E-state index in [1.807, 2.05) is 13.8 Å². The van der Waals surface area contributed by atoms with Crippen molar-refractivity contribution in [1.82, 2.24) is 9.88 Å². The molecule has 4 aromatic rings. The van der Waals surface area contributed by atoms with E-state index >= 15 is 0 Å². The molecule has 222 valence electrons. The summed E-state index contributed by atoms with van der Waals surface area (Å²) in [6.45, 7) is 3.70. The highest BCUT2D eigenvalue weighted by Crippen LogP contribution is 2.36. The lowest BCUT2D eigenvalue weighted by Crippen LogP contribution is -2.42. The topological polar surface area (TPSA) is 127 Å². The number of nitrogens with one attached hydrogen (secondary N) is 2. The SMILES string of the molecule is CC(C)C[C@H](NC(=O)c1c(-c2ccccc2)c2cc(NS(=O)(=O)c3ccc(OC(F)(F)F)cc3)ccc2n1C)C(=O)O. The number of carboxylic acid groups (broad SMARTS) is 1. The predicted octanol–water partition coefficient (Wildman–Crippen LogP) is 5.77. The Morgan fingerprint density at radius 3 is 2.21 bits per heavy atom. The molecular weight excluding hydrogens is 575 g/mol. The second kappa shape index (κ2) is 11.8. The first-order valence-electron chi connectivity index (χ1n) is 12.8. The van der Waals surface area contributed by atoms with Gasteiger partial charge in [-0.15, -0.1) is 13.2 Å². The fourth-order valence-electron chi connectivity index (χ4n) is 4.62. The number of fused-ring (bicyclic) bond motifs is 1. The molecule has 0 bridgehead atoms. The van der Waals surface area contributed by atoms with Gasteiger partial charge in [0, 0.05) is 29.2 Å². The lowest BCUT2D eigenvalue weighted by Gasteiger charge is -2.17. The first-order valence-corrected chi connectivity index (χ1v) is 14.2. The fraction of sp³-hybridized carbons (Fsp3) is 0.241. The molecule has 42 heavy (non-hydrogen) atoms. The minimum atomic E-state index is -4.92. The molecule has 1 atom stereocenters. The Labute approximate surface area is 240 Å². The summed E-state index contributed by atoms with van der Waals surface area (Å²) < 4.78 is 71.3. The van der Waals surface area contributed by atoms with Gasteiger partial charge >= 0.3 is 12.3 Å². The Balaban J connectivity index is 1.75. The number of nitrogens with zero attached hydrogens (tertiary/aromatic N) is 1. The van der Waals surface area contributed by atoms with Gasteiger partial charge in [-0.1, -0.05) is 44.2 Å². The minimum Gasteiger partial charge on any atom is -0.480 e. The van der Waals surface area contributed by atoms with E-state index in [-0.39, 0.29) is 28.6 Å². The maximum Gasteiger partial charge on any atom is 0.573 e. The van der Waals surface area contributed by atoms with Crippen molar-refractivity contribution in [2.45, 2.75) is 37.6 Å². The van der Waals surface area contributed by atoms with Crippen molar-refractivity contribution in [1.29, 1.82) is 0 Å². The number of sulfonamides is 1. The number of hydrogen-bond donors (Lipinski definition) is 3. The van der Waals surface area contributed by atoms with E-state index in [9.17, 15) is 36.3 Å². The van der Waals surface area contributed by atoms with Gasteiger partial charge < -0.3 is 19.7 Å². The molecule has 0 saturated heterocycles. The molecule has 1 heterocycles. The zero-order valence-corrected chi connectivity index (χ0v) is 23.6. The second-order valence-electron chi connectivity index (χ2n) is 10.00. The van der Waals surface area contributed by atoms with Gasteiger partial charge in [-0.2, -0.15) is 0 Å². The van der Waals surface area contributed by atoms with Gasteiger partial charge in [0.05, 0.1) is 4.90 Å². The quantitative estimate of drug-likeness (QED) is 0.211. The number of hydrogen-bond acceptors (Lipinski definition) is 5. The third-order valence-corrected chi connectivity index (χ3v) is 7.80. The Morgan fingerprint density at radius 2 is 1.64 bits per heavy atom. The molecule has 1 aromatic heterocycles. The number of ether oxygens (including phenoxy) is 1. The van der Waals surface area contributed by atoms with Crippen LogP contribution in [0, 0.1) is 5.92 Å². The summed E-state index contributed by atoms with van der Waals surface area (Å²) >= 11 is 0. The zero-order chi connectivity index (χ0) is 30.8. The van der Waals surface area contributed by atoms with Crippen molar-refractivity contribution >= 4 is 38.5 Å². The van der Waals surface area contributed by atoms with Gasteiger partial charge in [-0.3, -0.25) is 9.52 Å². The number of aromatic nitrogens is 1. The molecule has 0 spiro atoms. The molecule has 0 saturated carbocycles. The van der Waals surface area contributed by atoms with E-state index in [2.05, 4.69) is 14.8 Å². The Hall–Kier alpha value is -4.52. The minimum absolute atomic E-state index is 0.0106. The van der Waals surface area contributed by atoms with Crippen LogP contribution in [0.2, 0.25) is 0 Å². The smallest absolute Gasteiger partial charge is 0.480 e. The highest BCUT2D eigenvalue weighted by Gasteiger charge is 2.31. The van der Waals surface area contributed by atoms with Gasteiger partial charge in [-0.05, 0) is 60.4 Å². The van der Waals surface area contributed by atoms with Gasteiger partial charge in [0.25, 0.3) is 15.9 Å². The van der Waals surface area contributed by atoms with Crippen LogP contribution in [0.4, 0.5) is 18.9 Å². The van der Waals surface area contributed by atoms with E-state index in [0.29, 0.717) is 22.0 Å². The maximum absolute atomic E-state index is 13.6. The molecule has 4 rings (SSSR count). The normalized spacial score (nSPS) is 12.7. The molecule has 0 fully saturated rings. The first kappa shape index (κ1) is 30.4. The number of amides is 1. The monoisotopic (exact) mass is 603 g/mol. The summed E-state index contributed by atoms with van der Waals surface area (Å²) in [6, 6.07) is 16.2. The predicted molar refractivity (Wildman–Crippen MR) is 151 cm³/mol. The number of anilines is 1. The van der Waals surface area contributed by atoms with Crippen LogP contribution in [-0.4, -0.2) is 42.4 Å². The van der Waals surface area contributed by atoms with Gasteiger partial charge in [0.15, 0.2) is 0 Å². The van der Waals surface area contributed by atoms with Crippen LogP contribution in [0.25, 0.3) is 22.0 Å². The summed E-state index contributed by atoms with van der Waals surface area (Å²) in [6.07, 6.45) is -4.69. The lowest BCUT2D eigenvalue weighted by atomic mass is 10.00. The molecule has 3 aromatic carbocycles. The molecule has 0 radical (unpaired) electrons. The number of alkyl halides is 3. The van der Waals surface area contributed by atoms with Crippen LogP contribution >= 0.6 is 0 Å². The summed E-state index contributed by atoms with van der Waals surface area (Å²) in [4.78, 5) is 25.1. The van der Waals surface area contributed by atoms with Gasteiger partial charge in [0.2, 0.25) is 0 Å². The van der Waals surface area contributed by atoms with Crippen LogP contribution in [0.3, 0.4) is 0 Å². The van der Waals surface area contributed by atoms with Crippen molar-refractivity contribution < 1.29 is 41.0 Å². The van der Waals surface area contributed by atoms with Crippen LogP contribution < -0.4 is 14.8 Å². The molecule has 1 amide bonds. The second-order valence-corrected chi connectivity index (χ2v) is 11.7. The number of halogens is 3. The standard InChI is InChI=1S/C29H28F3N3O6S/c1-17(2)15-23(28(37)38)33-27(36)26-25(18-7-5-4-6-8-18)22-16-19(9-14-24(22)35(26)3)34-42(39,40)21-12-10-20(11-13-21)41-29(30,31)32/h4-14,16-17,23,34H,15H2,1-3H3,(H,33,36)(H,37,38)/t23-/m0/s1. The van der Waals surface area contributed by atoms with Gasteiger partial charge in [0.1, 0.15) is 17.5 Å². The van der Waals surface area contributed by atoms with E-state index in [1.165, 1.54) is 12.1 Å². The largest absolute Gasteiger partial charge is 0.573 e. The highest BCUT2D eigenvalue weighted by molar-refractivity contribution is 7.92. The summed E-state index contributed by atoms with van der Waals surface area (Å²) in [5.41, 5.74) is 2.01. The van der Waals surface area contributed by atoms with E-state index in [1.54, 1.807) is 48.0 Å². The van der Waals surface area contributed by atoms with Gasteiger partial charge in [-0.25, -0.2) is 13.2 Å². The molecule has 0 aliphatic carbocycles. The molecule has 0 aliphatic rings. The average molecular weight is 604 g/mol. The molecular formula is C29H28F3N3O6S. The number of aliphatic carboxylic acids is 1. The number of carbonyl (C=O) groups is 2. The number of rotatable bonds is 10. The van der Waals surface area contributed by atoms with E-state index in [0.717, 1.165) is 24.3 Å². The van der Waals surface area contributed by atoms with E-state index in [4.69, 9.17) is 0 Å². The van der Waals surface area contributed by atoms with Crippen LogP contribution in [0.5, 0.6) is 5.75 Å². The summed E-state index contributed by atoms with van der Waals surface area (Å²) in [7, 11) is -2.57. The number of carboxylic acids is 1. The average Bonchev–Trinajstić information content (AvgIpc) is 3.19. The fourth-order valence-corrected chi connectivity index (χ4v) is 5.67. The van der Waals surface area contributed by atoms with E-state index < -0.39 is 40.1 Å². The van der Waals surface area contributed by atoms with Crippen molar-refractivity contribution in [2.24, 2.45) is 13.0 Å². The Kier molecular flexibility index (Phi) is 8.53. The summed E-state index contributed by atoms with van der Waals surface area (Å²) in [5.74, 6) is -2.32. The van der Waals surface area contributed by atoms with Crippen LogP contribution in [0.15, 0.2) is 77.7 Å². The zero-order valence-electron chi connectivity index (χ0n) is 22.8. The molecule has 3 N–H and O–H groups in total. The lowest BCUT2D eigenvalue weighted by molar-refractivity contribution is -0.274.